The van der Waals surface area contributed by atoms with Gasteiger partial charge < -0.3 is 10.1 Å². The number of fused-ring (bicyclic) bond motifs is 1. The molecule has 2 aromatic heterocycles. The molecule has 1 atom stereocenters. The van der Waals surface area contributed by atoms with Gasteiger partial charge in [0.05, 0.1) is 30.5 Å². The van der Waals surface area contributed by atoms with Crippen molar-refractivity contribution in [3.8, 4) is 0 Å². The molecule has 1 aliphatic rings. The van der Waals surface area contributed by atoms with Gasteiger partial charge in [-0.3, -0.25) is 19.8 Å². The maximum absolute atomic E-state index is 12.0. The number of nitrogens with one attached hydrogen (secondary N) is 1. The molecular weight excluding hydrogens is 316 g/mol. The Balaban J connectivity index is 1.69. The highest BCUT2D eigenvalue weighted by atomic mass is 16.5. The second-order valence-electron chi connectivity index (χ2n) is 6.21. The molecular formula is C19H22N4O2. The number of aryl methyl sites for hydroxylation is 1. The Bertz CT molecular complexity index is 817. The van der Waals surface area contributed by atoms with Gasteiger partial charge in [-0.1, -0.05) is 0 Å². The van der Waals surface area contributed by atoms with E-state index >= 15 is 0 Å². The van der Waals surface area contributed by atoms with Gasteiger partial charge in [0.15, 0.2) is 0 Å². The molecule has 3 rings (SSSR count). The first-order valence-corrected chi connectivity index (χ1v) is 8.32. The van der Waals surface area contributed by atoms with Gasteiger partial charge in [-0.05, 0) is 37.6 Å². The number of aromatic nitrogens is 2. The smallest absolute Gasteiger partial charge is 0.226 e. The molecule has 0 unspecified atom stereocenters. The summed E-state index contributed by atoms with van der Waals surface area (Å²) in [7, 11) is 1.63. The van der Waals surface area contributed by atoms with Crippen LogP contribution in [-0.2, 0) is 22.5 Å². The summed E-state index contributed by atoms with van der Waals surface area (Å²) >= 11 is 0. The van der Waals surface area contributed by atoms with Gasteiger partial charge in [0, 0.05) is 42.9 Å². The minimum absolute atomic E-state index is 0.00305. The molecule has 0 fully saturated rings. The monoisotopic (exact) mass is 338 g/mol. The first-order valence-electron chi connectivity index (χ1n) is 8.32. The predicted molar refractivity (Wildman–Crippen MR) is 95.7 cm³/mol. The molecule has 6 heteroatoms. The molecule has 25 heavy (non-hydrogen) atoms. The highest BCUT2D eigenvalue weighted by Crippen LogP contribution is 2.23. The van der Waals surface area contributed by atoms with Gasteiger partial charge >= 0.3 is 0 Å². The third-order valence-corrected chi connectivity index (χ3v) is 4.21. The summed E-state index contributed by atoms with van der Waals surface area (Å²) in [5.41, 5.74) is 5.84. The lowest BCUT2D eigenvalue weighted by atomic mass is 10.0. The highest BCUT2D eigenvalue weighted by molar-refractivity contribution is 6.15. The molecule has 1 amide bonds. The second-order valence-corrected chi connectivity index (χ2v) is 6.21. The van der Waals surface area contributed by atoms with Crippen molar-refractivity contribution in [3.63, 3.8) is 0 Å². The van der Waals surface area contributed by atoms with Crippen LogP contribution in [0.1, 0.15) is 35.0 Å². The van der Waals surface area contributed by atoms with E-state index in [1.54, 1.807) is 13.3 Å². The topological polar surface area (TPSA) is 76.5 Å². The Morgan fingerprint density at radius 3 is 2.96 bits per heavy atom. The van der Waals surface area contributed by atoms with Crippen LogP contribution in [-0.4, -0.2) is 41.3 Å². The van der Waals surface area contributed by atoms with Crippen LogP contribution in [0.2, 0.25) is 0 Å². The van der Waals surface area contributed by atoms with Crippen molar-refractivity contribution < 1.29 is 9.53 Å². The second kappa shape index (κ2) is 7.53. The number of amides is 1. The summed E-state index contributed by atoms with van der Waals surface area (Å²) in [6, 6.07) is 5.95. The Kier molecular flexibility index (Phi) is 5.19. The molecule has 0 saturated heterocycles. The number of hydrogen-bond acceptors (Lipinski definition) is 5. The Morgan fingerprint density at radius 2 is 2.20 bits per heavy atom. The van der Waals surface area contributed by atoms with Gasteiger partial charge in [0.1, 0.15) is 0 Å². The van der Waals surface area contributed by atoms with E-state index in [9.17, 15) is 4.79 Å². The number of carbonyl (C=O) groups is 1. The van der Waals surface area contributed by atoms with E-state index in [2.05, 4.69) is 20.3 Å². The number of aliphatic imine (C=N–C) groups is 1. The number of pyridine rings is 2. The first-order chi connectivity index (χ1) is 12.1. The minimum Gasteiger partial charge on any atom is -0.380 e. The Hall–Kier alpha value is -2.60. The van der Waals surface area contributed by atoms with E-state index in [0.29, 0.717) is 13.1 Å². The normalized spacial score (nSPS) is 14.0. The number of ether oxygens (including phenoxy) is 1. The van der Waals surface area contributed by atoms with Gasteiger partial charge in [0.2, 0.25) is 5.91 Å². The molecule has 1 N–H and O–H groups in total. The largest absolute Gasteiger partial charge is 0.380 e. The zero-order chi connectivity index (χ0) is 17.8. The maximum atomic E-state index is 12.0. The van der Waals surface area contributed by atoms with Gasteiger partial charge in [-0.25, -0.2) is 0 Å². The van der Waals surface area contributed by atoms with Crippen LogP contribution in [0.15, 0.2) is 35.6 Å². The van der Waals surface area contributed by atoms with Gasteiger partial charge in [-0.2, -0.15) is 0 Å². The van der Waals surface area contributed by atoms with E-state index < -0.39 is 0 Å². The molecule has 130 valence electrons. The summed E-state index contributed by atoms with van der Waals surface area (Å²) < 4.78 is 5.12. The summed E-state index contributed by atoms with van der Waals surface area (Å²) in [6.45, 7) is 4.98. The number of nitrogens with zero attached hydrogens (tertiary/aromatic N) is 3. The average molecular weight is 338 g/mol. The van der Waals surface area contributed by atoms with Crippen LogP contribution in [0.4, 0.5) is 0 Å². The number of carbonyl (C=O) groups excluding carboxylic acids is 1. The van der Waals surface area contributed by atoms with Gasteiger partial charge in [0.25, 0.3) is 0 Å². The van der Waals surface area contributed by atoms with E-state index in [0.717, 1.165) is 33.8 Å². The fraction of sp³-hybridized carbons (Fsp3) is 0.368. The SMILES string of the molecule is CO[C@H](C)CNC(=O)Cc1cc2c(cn1)C(c1ccnc(C)c1)=NC2. The van der Waals surface area contributed by atoms with Crippen LogP contribution in [0.3, 0.4) is 0 Å². The van der Waals surface area contributed by atoms with Crippen molar-refractivity contribution in [2.24, 2.45) is 4.99 Å². The molecule has 0 radical (unpaired) electrons. The number of hydrogen-bond donors (Lipinski definition) is 1. The van der Waals surface area contributed by atoms with Crippen molar-refractivity contribution in [2.75, 3.05) is 13.7 Å². The van der Waals surface area contributed by atoms with Crippen LogP contribution in [0.25, 0.3) is 0 Å². The summed E-state index contributed by atoms with van der Waals surface area (Å²) in [4.78, 5) is 25.3. The third-order valence-electron chi connectivity index (χ3n) is 4.21. The van der Waals surface area contributed by atoms with Crippen molar-refractivity contribution in [1.29, 1.82) is 0 Å². The lowest BCUT2D eigenvalue weighted by molar-refractivity contribution is -0.121. The molecule has 0 aromatic carbocycles. The van der Waals surface area contributed by atoms with E-state index in [1.807, 2.05) is 38.2 Å². The zero-order valence-corrected chi connectivity index (χ0v) is 14.7. The van der Waals surface area contributed by atoms with Crippen molar-refractivity contribution >= 4 is 11.6 Å². The van der Waals surface area contributed by atoms with Crippen LogP contribution in [0.5, 0.6) is 0 Å². The fourth-order valence-corrected chi connectivity index (χ4v) is 2.74. The van der Waals surface area contributed by atoms with Gasteiger partial charge in [-0.15, -0.1) is 0 Å². The molecule has 3 heterocycles. The number of methoxy groups -OCH3 is 1. The quantitative estimate of drug-likeness (QED) is 0.872. The lowest BCUT2D eigenvalue weighted by Crippen LogP contribution is -2.32. The summed E-state index contributed by atoms with van der Waals surface area (Å²) in [5.74, 6) is -0.0553. The molecule has 0 aliphatic carbocycles. The van der Waals surface area contributed by atoms with Crippen LogP contribution < -0.4 is 5.32 Å². The van der Waals surface area contributed by atoms with E-state index in [1.165, 1.54) is 0 Å². The first kappa shape index (κ1) is 17.2. The zero-order valence-electron chi connectivity index (χ0n) is 14.7. The molecule has 1 aliphatic heterocycles. The average Bonchev–Trinajstić information content (AvgIpc) is 3.03. The Labute approximate surface area is 147 Å². The van der Waals surface area contributed by atoms with E-state index in [-0.39, 0.29) is 18.4 Å². The van der Waals surface area contributed by atoms with E-state index in [4.69, 9.17) is 4.74 Å². The molecule has 0 saturated carbocycles. The van der Waals surface area contributed by atoms with Crippen molar-refractivity contribution in [1.82, 2.24) is 15.3 Å². The minimum atomic E-state index is -0.0553. The predicted octanol–water partition coefficient (Wildman–Crippen LogP) is 1.83. The van der Waals surface area contributed by atoms with Crippen LogP contribution >= 0.6 is 0 Å². The third kappa shape index (κ3) is 4.09. The van der Waals surface area contributed by atoms with Crippen molar-refractivity contribution in [3.05, 3.63) is 58.7 Å². The standard InChI is InChI=1S/C19H22N4O2/c1-12-6-14(4-5-20-12)19-17-11-21-16(7-15(17)10-23-19)8-18(24)22-9-13(2)25-3/h4-7,11,13H,8-10H2,1-3H3,(H,22,24)/t13-/m1/s1. The van der Waals surface area contributed by atoms with Crippen LogP contribution in [0, 0.1) is 6.92 Å². The molecule has 2 aromatic rings. The van der Waals surface area contributed by atoms with Crippen molar-refractivity contribution in [2.45, 2.75) is 32.9 Å². The Morgan fingerprint density at radius 1 is 1.36 bits per heavy atom. The maximum Gasteiger partial charge on any atom is 0.226 e. The molecule has 0 bridgehead atoms. The number of rotatable bonds is 6. The fourth-order valence-electron chi connectivity index (χ4n) is 2.74. The molecule has 0 spiro atoms. The molecule has 6 nitrogen and oxygen atoms in total. The lowest BCUT2D eigenvalue weighted by Gasteiger charge is -2.11. The summed E-state index contributed by atoms with van der Waals surface area (Å²) in [5, 5.41) is 2.85. The highest BCUT2D eigenvalue weighted by Gasteiger charge is 2.19. The summed E-state index contributed by atoms with van der Waals surface area (Å²) in [6.07, 6.45) is 3.86.